The summed E-state index contributed by atoms with van der Waals surface area (Å²) in [6.07, 6.45) is 6.35. The Morgan fingerprint density at radius 2 is 2.20 bits per heavy atom. The molecule has 0 aliphatic carbocycles. The summed E-state index contributed by atoms with van der Waals surface area (Å²) in [5, 5.41) is 2.09. The number of thiazole rings is 1. The van der Waals surface area contributed by atoms with Crippen molar-refractivity contribution in [3.63, 3.8) is 0 Å². The van der Waals surface area contributed by atoms with E-state index in [1.807, 2.05) is 0 Å². The molecule has 2 rings (SSSR count). The summed E-state index contributed by atoms with van der Waals surface area (Å²) in [5.41, 5.74) is 7.42. The lowest BCUT2D eigenvalue weighted by Gasteiger charge is -2.26. The first-order valence-electron chi connectivity index (χ1n) is 7.51. The number of nitrogens with two attached hydrogens (primary N) is 1. The number of rotatable bonds is 7. The maximum atomic E-state index is 6.17. The van der Waals surface area contributed by atoms with Crippen LogP contribution in [0.15, 0.2) is 11.6 Å². The van der Waals surface area contributed by atoms with Crippen LogP contribution in [0.25, 0.3) is 4.96 Å². The van der Waals surface area contributed by atoms with Gasteiger partial charge in [0.15, 0.2) is 10.8 Å². The zero-order valence-corrected chi connectivity index (χ0v) is 13.8. The van der Waals surface area contributed by atoms with E-state index in [1.54, 1.807) is 11.3 Å². The topological polar surface area (TPSA) is 46.6 Å². The van der Waals surface area contributed by atoms with Crippen LogP contribution < -0.4 is 10.6 Å². The van der Waals surface area contributed by atoms with E-state index in [1.165, 1.54) is 18.5 Å². The zero-order valence-electron chi connectivity index (χ0n) is 13.0. The second-order valence-corrected chi connectivity index (χ2v) is 6.43. The lowest BCUT2D eigenvalue weighted by molar-refractivity contribution is 0.600. The zero-order chi connectivity index (χ0) is 14.7. The molecule has 0 bridgehead atoms. The van der Waals surface area contributed by atoms with Crippen LogP contribution in [0.5, 0.6) is 0 Å². The third kappa shape index (κ3) is 2.99. The lowest BCUT2D eigenvalue weighted by atomic mass is 10.1. The van der Waals surface area contributed by atoms with Crippen LogP contribution in [0.1, 0.15) is 45.7 Å². The molecule has 0 amide bonds. The van der Waals surface area contributed by atoms with Crippen LogP contribution >= 0.6 is 11.3 Å². The van der Waals surface area contributed by atoms with Gasteiger partial charge in [-0.1, -0.05) is 20.3 Å². The highest BCUT2D eigenvalue weighted by Crippen LogP contribution is 2.27. The van der Waals surface area contributed by atoms with Gasteiger partial charge in [-0.15, -0.1) is 11.3 Å². The van der Waals surface area contributed by atoms with Gasteiger partial charge in [-0.25, -0.2) is 4.98 Å². The fraction of sp³-hybridized carbons (Fsp3) is 0.667. The Morgan fingerprint density at radius 1 is 1.45 bits per heavy atom. The monoisotopic (exact) mass is 294 g/mol. The highest BCUT2D eigenvalue weighted by Gasteiger charge is 2.21. The van der Waals surface area contributed by atoms with Gasteiger partial charge in [-0.05, 0) is 19.8 Å². The van der Waals surface area contributed by atoms with E-state index in [-0.39, 0.29) is 6.04 Å². The Labute approximate surface area is 125 Å². The summed E-state index contributed by atoms with van der Waals surface area (Å²) in [6, 6.07) is 0.699. The number of hydrogen-bond donors (Lipinski definition) is 1. The number of nitrogens with zero attached hydrogens (tertiary/aromatic N) is 3. The first-order chi connectivity index (χ1) is 9.58. The SMILES string of the molecule is CCCC(C)N(C)c1nc2sccn2c1CC(N)CC. The minimum absolute atomic E-state index is 0.198. The molecule has 2 aromatic heterocycles. The summed E-state index contributed by atoms with van der Waals surface area (Å²) in [4.78, 5) is 8.19. The van der Waals surface area contributed by atoms with Crippen molar-refractivity contribution in [3.05, 3.63) is 17.3 Å². The quantitative estimate of drug-likeness (QED) is 0.852. The van der Waals surface area contributed by atoms with Crippen molar-refractivity contribution < 1.29 is 0 Å². The van der Waals surface area contributed by atoms with Crippen LogP contribution in [0, 0.1) is 0 Å². The van der Waals surface area contributed by atoms with Crippen molar-refractivity contribution in [2.24, 2.45) is 5.73 Å². The maximum absolute atomic E-state index is 6.17. The van der Waals surface area contributed by atoms with E-state index in [9.17, 15) is 0 Å². The fourth-order valence-electron chi connectivity index (χ4n) is 2.51. The summed E-state index contributed by atoms with van der Waals surface area (Å²) in [5.74, 6) is 1.10. The molecule has 2 N–H and O–H groups in total. The van der Waals surface area contributed by atoms with E-state index in [4.69, 9.17) is 10.7 Å². The standard InChI is InChI=1S/C15H26N4S/c1-5-7-11(3)18(4)14-13(10-12(16)6-2)19-8-9-20-15(19)17-14/h8-9,11-12H,5-7,10,16H2,1-4H3. The molecule has 4 nitrogen and oxygen atoms in total. The van der Waals surface area contributed by atoms with Gasteiger partial charge in [0.25, 0.3) is 0 Å². The van der Waals surface area contributed by atoms with E-state index in [0.29, 0.717) is 6.04 Å². The van der Waals surface area contributed by atoms with Crippen LogP contribution in [0.2, 0.25) is 0 Å². The van der Waals surface area contributed by atoms with Crippen molar-refractivity contribution in [1.29, 1.82) is 0 Å². The number of anilines is 1. The first-order valence-corrected chi connectivity index (χ1v) is 8.39. The molecule has 112 valence electrons. The molecule has 0 saturated heterocycles. The fourth-order valence-corrected chi connectivity index (χ4v) is 3.23. The van der Waals surface area contributed by atoms with Gasteiger partial charge in [-0.2, -0.15) is 0 Å². The van der Waals surface area contributed by atoms with Crippen molar-refractivity contribution in [1.82, 2.24) is 9.38 Å². The Hall–Kier alpha value is -1.07. The molecule has 2 unspecified atom stereocenters. The minimum atomic E-state index is 0.198. The predicted molar refractivity (Wildman–Crippen MR) is 87.8 cm³/mol. The predicted octanol–water partition coefficient (Wildman–Crippen LogP) is 3.30. The van der Waals surface area contributed by atoms with Crippen molar-refractivity contribution in [2.75, 3.05) is 11.9 Å². The highest BCUT2D eigenvalue weighted by molar-refractivity contribution is 7.15. The molecule has 2 aromatic rings. The molecule has 5 heteroatoms. The average Bonchev–Trinajstić information content (AvgIpc) is 3.00. The maximum Gasteiger partial charge on any atom is 0.195 e. The average molecular weight is 294 g/mol. The Bertz CT molecular complexity index is 545. The number of aromatic nitrogens is 2. The first kappa shape index (κ1) is 15.3. The summed E-state index contributed by atoms with van der Waals surface area (Å²) in [7, 11) is 2.15. The molecule has 20 heavy (non-hydrogen) atoms. The van der Waals surface area contributed by atoms with Gasteiger partial charge in [0, 0.05) is 37.1 Å². The Morgan fingerprint density at radius 3 is 2.85 bits per heavy atom. The highest BCUT2D eigenvalue weighted by atomic mass is 32.1. The van der Waals surface area contributed by atoms with Gasteiger partial charge in [0.05, 0.1) is 5.69 Å². The molecular weight excluding hydrogens is 268 g/mol. The molecular formula is C15H26N4S. The van der Waals surface area contributed by atoms with Gasteiger partial charge >= 0.3 is 0 Å². The lowest BCUT2D eigenvalue weighted by Crippen LogP contribution is -2.31. The van der Waals surface area contributed by atoms with E-state index >= 15 is 0 Å². The van der Waals surface area contributed by atoms with E-state index in [2.05, 4.69) is 48.7 Å². The van der Waals surface area contributed by atoms with Gasteiger partial charge < -0.3 is 10.6 Å². The summed E-state index contributed by atoms with van der Waals surface area (Å²) < 4.78 is 2.20. The van der Waals surface area contributed by atoms with Gasteiger partial charge in [0.1, 0.15) is 0 Å². The smallest absolute Gasteiger partial charge is 0.195 e. The van der Waals surface area contributed by atoms with Crippen molar-refractivity contribution in [2.45, 2.75) is 58.5 Å². The molecule has 2 atom stereocenters. The van der Waals surface area contributed by atoms with Crippen molar-refractivity contribution in [3.8, 4) is 0 Å². The third-order valence-electron chi connectivity index (χ3n) is 4.02. The summed E-state index contributed by atoms with van der Waals surface area (Å²) >= 11 is 1.68. The molecule has 0 radical (unpaired) electrons. The molecule has 0 fully saturated rings. The second-order valence-electron chi connectivity index (χ2n) is 5.56. The molecule has 0 spiro atoms. The van der Waals surface area contributed by atoms with E-state index in [0.717, 1.165) is 23.6 Å². The van der Waals surface area contributed by atoms with Gasteiger partial charge in [0.2, 0.25) is 0 Å². The van der Waals surface area contributed by atoms with Crippen LogP contribution in [0.4, 0.5) is 5.82 Å². The van der Waals surface area contributed by atoms with Gasteiger partial charge in [-0.3, -0.25) is 4.40 Å². The Kier molecular flexibility index (Phi) is 5.05. The molecule has 0 aliphatic heterocycles. The normalized spacial score (nSPS) is 14.7. The largest absolute Gasteiger partial charge is 0.355 e. The number of fused-ring (bicyclic) bond motifs is 1. The van der Waals surface area contributed by atoms with E-state index < -0.39 is 0 Å². The number of imidazole rings is 1. The van der Waals surface area contributed by atoms with Crippen LogP contribution in [-0.4, -0.2) is 28.5 Å². The van der Waals surface area contributed by atoms with Crippen LogP contribution in [0.3, 0.4) is 0 Å². The Balaban J connectivity index is 2.35. The third-order valence-corrected chi connectivity index (χ3v) is 4.78. The molecule has 2 heterocycles. The number of hydrogen-bond acceptors (Lipinski definition) is 4. The van der Waals surface area contributed by atoms with Crippen LogP contribution in [-0.2, 0) is 6.42 Å². The minimum Gasteiger partial charge on any atom is -0.355 e. The molecule has 0 aliphatic rings. The van der Waals surface area contributed by atoms with Crippen molar-refractivity contribution >= 4 is 22.1 Å². The summed E-state index contributed by atoms with van der Waals surface area (Å²) in [6.45, 7) is 6.63. The molecule has 0 saturated carbocycles. The molecule has 0 aromatic carbocycles. The second kappa shape index (κ2) is 6.59.